The van der Waals surface area contributed by atoms with E-state index in [0.717, 1.165) is 37.2 Å². The number of benzene rings is 2. The number of hydrogen-bond donors (Lipinski definition) is 0. The van der Waals surface area contributed by atoms with Crippen LogP contribution in [-0.4, -0.2) is 56.7 Å². The van der Waals surface area contributed by atoms with E-state index in [4.69, 9.17) is 9.47 Å². The first-order chi connectivity index (χ1) is 14.9. The van der Waals surface area contributed by atoms with Crippen molar-refractivity contribution in [3.63, 3.8) is 0 Å². The molecule has 2 aliphatic rings. The molecule has 2 aliphatic heterocycles. The highest BCUT2D eigenvalue weighted by atomic mass is 19.1. The Hall–Kier alpha value is -2.51. The molecule has 7 heteroatoms. The maximum atomic E-state index is 14.0. The molecule has 1 spiro atoms. The Labute approximate surface area is 181 Å². The van der Waals surface area contributed by atoms with Crippen LogP contribution in [0, 0.1) is 11.6 Å². The highest BCUT2D eigenvalue weighted by molar-refractivity contribution is 6.04. The molecule has 0 unspecified atom stereocenters. The van der Waals surface area contributed by atoms with Crippen molar-refractivity contribution in [3.8, 4) is 5.75 Å². The molecule has 0 aromatic heterocycles. The first-order valence-corrected chi connectivity index (χ1v) is 10.6. The van der Waals surface area contributed by atoms with E-state index < -0.39 is 0 Å². The van der Waals surface area contributed by atoms with Crippen molar-refractivity contribution in [1.82, 2.24) is 4.90 Å². The molecule has 0 atom stereocenters. The Morgan fingerprint density at radius 3 is 2.58 bits per heavy atom. The fraction of sp³-hybridized carbons (Fsp3) is 0.458. The van der Waals surface area contributed by atoms with Gasteiger partial charge < -0.3 is 14.4 Å². The van der Waals surface area contributed by atoms with Gasteiger partial charge in [0.25, 0.3) is 0 Å². The molecule has 0 N–H and O–H groups in total. The molecule has 0 amide bonds. The zero-order valence-corrected chi connectivity index (χ0v) is 18.0. The van der Waals surface area contributed by atoms with Gasteiger partial charge in [-0.05, 0) is 48.7 Å². The number of ketones is 1. The number of methoxy groups -OCH3 is 1. The first kappa shape index (κ1) is 21.7. The summed E-state index contributed by atoms with van der Waals surface area (Å²) in [4.78, 5) is 17.2. The number of hydrogen-bond acceptors (Lipinski definition) is 5. The first-order valence-electron chi connectivity index (χ1n) is 10.6. The Morgan fingerprint density at radius 2 is 1.84 bits per heavy atom. The molecule has 0 bridgehead atoms. The summed E-state index contributed by atoms with van der Waals surface area (Å²) >= 11 is 0. The number of carbonyl (C=O) groups is 1. The zero-order chi connectivity index (χ0) is 22.0. The molecule has 1 fully saturated rings. The molecule has 1 saturated heterocycles. The van der Waals surface area contributed by atoms with Crippen LogP contribution < -0.4 is 9.64 Å². The number of likely N-dealkylation sites (tertiary alicyclic amines) is 1. The standard InChI is InChI=1S/C24H28F2N2O3/c1-27-21-6-4-18(25)14-19(21)22(29)15-24(27)7-9-28(10-8-24)16-17-3-5-20(26)23(13-17)31-12-11-30-2/h3-6,13-14H,7-12,15-16H2,1-2H3. The molecule has 5 nitrogen and oxygen atoms in total. The van der Waals surface area contributed by atoms with Gasteiger partial charge in [0.1, 0.15) is 12.4 Å². The van der Waals surface area contributed by atoms with Crippen molar-refractivity contribution >= 4 is 11.5 Å². The third-order valence-electron chi connectivity index (χ3n) is 6.56. The average molecular weight is 430 g/mol. The van der Waals surface area contributed by atoms with Crippen LogP contribution in [-0.2, 0) is 11.3 Å². The summed E-state index contributed by atoms with van der Waals surface area (Å²) in [7, 11) is 3.58. The lowest BCUT2D eigenvalue weighted by molar-refractivity contribution is 0.0865. The van der Waals surface area contributed by atoms with Gasteiger partial charge in [0.2, 0.25) is 0 Å². The lowest BCUT2D eigenvalue weighted by atomic mass is 9.76. The van der Waals surface area contributed by atoms with Crippen LogP contribution in [0.15, 0.2) is 36.4 Å². The van der Waals surface area contributed by atoms with Crippen LogP contribution in [0.3, 0.4) is 0 Å². The quantitative estimate of drug-likeness (QED) is 0.647. The molecular formula is C24H28F2N2O3. The van der Waals surface area contributed by atoms with Gasteiger partial charge in [0, 0.05) is 57.0 Å². The summed E-state index contributed by atoms with van der Waals surface area (Å²) < 4.78 is 38.0. The molecule has 166 valence electrons. The van der Waals surface area contributed by atoms with Crippen LogP contribution in [0.5, 0.6) is 5.75 Å². The van der Waals surface area contributed by atoms with Crippen LogP contribution in [0.2, 0.25) is 0 Å². The van der Waals surface area contributed by atoms with Crippen LogP contribution in [0.25, 0.3) is 0 Å². The number of Topliss-reactive ketones (excluding diaryl/α,β-unsaturated/α-hetero) is 1. The zero-order valence-electron chi connectivity index (χ0n) is 18.0. The van der Waals surface area contributed by atoms with Crippen LogP contribution in [0.4, 0.5) is 14.5 Å². The van der Waals surface area contributed by atoms with Gasteiger partial charge in [0.15, 0.2) is 17.3 Å². The summed E-state index contributed by atoms with van der Waals surface area (Å²) in [5, 5.41) is 0. The normalized spacial score (nSPS) is 18.3. The molecule has 4 rings (SSSR count). The van der Waals surface area contributed by atoms with E-state index in [0.29, 0.717) is 31.7 Å². The van der Waals surface area contributed by atoms with Crippen molar-refractivity contribution < 1.29 is 23.0 Å². The lowest BCUT2D eigenvalue weighted by Gasteiger charge is -2.51. The van der Waals surface area contributed by atoms with E-state index in [-0.39, 0.29) is 28.7 Å². The maximum absolute atomic E-state index is 14.0. The summed E-state index contributed by atoms with van der Waals surface area (Å²) in [6.07, 6.45) is 2.08. The van der Waals surface area contributed by atoms with Gasteiger partial charge in [-0.2, -0.15) is 0 Å². The molecule has 31 heavy (non-hydrogen) atoms. The molecular weight excluding hydrogens is 402 g/mol. The molecule has 0 radical (unpaired) electrons. The Bertz CT molecular complexity index is 958. The largest absolute Gasteiger partial charge is 0.488 e. The summed E-state index contributed by atoms with van der Waals surface area (Å²) in [6.45, 7) is 3.04. The molecule has 2 aromatic rings. The molecule has 2 aromatic carbocycles. The Kier molecular flexibility index (Phi) is 6.25. The fourth-order valence-electron chi connectivity index (χ4n) is 4.68. The summed E-state index contributed by atoms with van der Waals surface area (Å²) in [5.74, 6) is -0.507. The highest BCUT2D eigenvalue weighted by Gasteiger charge is 2.44. The van der Waals surface area contributed by atoms with Gasteiger partial charge in [-0.3, -0.25) is 9.69 Å². The lowest BCUT2D eigenvalue weighted by Crippen LogP contribution is -2.57. The Morgan fingerprint density at radius 1 is 1.06 bits per heavy atom. The van der Waals surface area contributed by atoms with E-state index in [1.165, 1.54) is 18.2 Å². The SMILES string of the molecule is COCCOc1cc(CN2CCC3(CC2)CC(=O)c2cc(F)ccc2N3C)ccc1F. The minimum absolute atomic E-state index is 0.0115. The minimum Gasteiger partial charge on any atom is -0.488 e. The number of rotatable bonds is 6. The summed E-state index contributed by atoms with van der Waals surface area (Å²) in [6, 6.07) is 9.43. The van der Waals surface area contributed by atoms with E-state index in [1.54, 1.807) is 25.3 Å². The summed E-state index contributed by atoms with van der Waals surface area (Å²) in [5.41, 5.74) is 2.03. The van der Waals surface area contributed by atoms with Gasteiger partial charge in [0.05, 0.1) is 6.61 Å². The predicted octanol–water partition coefficient (Wildman–Crippen LogP) is 4.05. The predicted molar refractivity (Wildman–Crippen MR) is 115 cm³/mol. The highest BCUT2D eigenvalue weighted by Crippen LogP contribution is 2.42. The van der Waals surface area contributed by atoms with E-state index in [1.807, 2.05) is 7.05 Å². The van der Waals surface area contributed by atoms with Crippen LogP contribution >= 0.6 is 0 Å². The second kappa shape index (κ2) is 8.93. The van der Waals surface area contributed by atoms with E-state index >= 15 is 0 Å². The van der Waals surface area contributed by atoms with Gasteiger partial charge in [-0.1, -0.05) is 6.07 Å². The van der Waals surface area contributed by atoms with Crippen molar-refractivity contribution in [3.05, 3.63) is 59.2 Å². The second-order valence-electron chi connectivity index (χ2n) is 8.43. The van der Waals surface area contributed by atoms with Crippen molar-refractivity contribution in [2.75, 3.05) is 45.4 Å². The third-order valence-corrected chi connectivity index (χ3v) is 6.56. The number of halogens is 2. The van der Waals surface area contributed by atoms with Crippen LogP contribution in [0.1, 0.15) is 35.2 Å². The average Bonchev–Trinajstić information content (AvgIpc) is 2.76. The monoisotopic (exact) mass is 430 g/mol. The van der Waals surface area contributed by atoms with Gasteiger partial charge in [-0.15, -0.1) is 0 Å². The van der Waals surface area contributed by atoms with E-state index in [9.17, 15) is 13.6 Å². The molecule has 2 heterocycles. The van der Waals surface area contributed by atoms with Crippen molar-refractivity contribution in [2.24, 2.45) is 0 Å². The molecule has 0 saturated carbocycles. The topological polar surface area (TPSA) is 42.0 Å². The minimum atomic E-state index is -0.380. The Balaban J connectivity index is 1.42. The van der Waals surface area contributed by atoms with Gasteiger partial charge in [-0.25, -0.2) is 8.78 Å². The van der Waals surface area contributed by atoms with E-state index in [2.05, 4.69) is 9.80 Å². The smallest absolute Gasteiger partial charge is 0.167 e. The van der Waals surface area contributed by atoms with Gasteiger partial charge >= 0.3 is 0 Å². The number of carbonyl (C=O) groups excluding carboxylic acids is 1. The van der Waals surface area contributed by atoms with Crippen molar-refractivity contribution in [1.29, 1.82) is 0 Å². The number of ether oxygens (including phenoxy) is 2. The fourth-order valence-corrected chi connectivity index (χ4v) is 4.68. The number of fused-ring (bicyclic) bond motifs is 1. The molecule has 0 aliphatic carbocycles. The third kappa shape index (κ3) is 4.43. The number of piperidine rings is 1. The maximum Gasteiger partial charge on any atom is 0.167 e. The van der Waals surface area contributed by atoms with Crippen molar-refractivity contribution in [2.45, 2.75) is 31.3 Å². The number of anilines is 1. The second-order valence-corrected chi connectivity index (χ2v) is 8.43. The number of nitrogens with zero attached hydrogens (tertiary/aromatic N) is 2.